The predicted octanol–water partition coefficient (Wildman–Crippen LogP) is 2.65. The van der Waals surface area contributed by atoms with Crippen molar-refractivity contribution in [2.24, 2.45) is 0 Å². The number of sulfonamides is 1. The van der Waals surface area contributed by atoms with E-state index < -0.39 is 15.8 Å². The second-order valence-corrected chi connectivity index (χ2v) is 10.6. The minimum atomic E-state index is -3.94. The molecule has 1 aliphatic heterocycles. The molecule has 0 radical (unpaired) electrons. The van der Waals surface area contributed by atoms with Gasteiger partial charge in [-0.25, -0.2) is 12.8 Å². The van der Waals surface area contributed by atoms with E-state index in [1.807, 2.05) is 42.7 Å². The number of benzene rings is 2. The van der Waals surface area contributed by atoms with Gasteiger partial charge in [-0.15, -0.1) is 10.2 Å². The van der Waals surface area contributed by atoms with Gasteiger partial charge in [-0.1, -0.05) is 41.6 Å². The Morgan fingerprint density at radius 2 is 1.67 bits per heavy atom. The fourth-order valence-corrected chi connectivity index (χ4v) is 6.00. The largest absolute Gasteiger partial charge is 0.339 e. The highest BCUT2D eigenvalue weighted by Crippen LogP contribution is 2.24. The zero-order chi connectivity index (χ0) is 23.6. The summed E-state index contributed by atoms with van der Waals surface area (Å²) < 4.78 is 42.6. The summed E-state index contributed by atoms with van der Waals surface area (Å²) in [5.74, 6) is -0.00967. The fraction of sp³-hybridized carbons (Fsp3) is 0.318. The molecule has 0 aliphatic carbocycles. The lowest BCUT2D eigenvalue weighted by Crippen LogP contribution is -2.51. The van der Waals surface area contributed by atoms with Crippen LogP contribution in [0.3, 0.4) is 0 Å². The number of thioether (sulfide) groups is 1. The van der Waals surface area contributed by atoms with Crippen LogP contribution in [0.5, 0.6) is 0 Å². The van der Waals surface area contributed by atoms with E-state index in [0.29, 0.717) is 5.16 Å². The zero-order valence-electron chi connectivity index (χ0n) is 18.3. The van der Waals surface area contributed by atoms with Crippen LogP contribution in [0, 0.1) is 19.7 Å². The normalized spacial score (nSPS) is 15.1. The van der Waals surface area contributed by atoms with Crippen LogP contribution in [-0.4, -0.2) is 70.2 Å². The molecular formula is C22H24FN5O3S2. The van der Waals surface area contributed by atoms with E-state index in [2.05, 4.69) is 10.2 Å². The van der Waals surface area contributed by atoms with Gasteiger partial charge >= 0.3 is 0 Å². The van der Waals surface area contributed by atoms with Crippen LogP contribution in [0.1, 0.15) is 11.4 Å². The average Bonchev–Trinajstić information content (AvgIpc) is 3.18. The SMILES string of the molecule is Cc1ccc(-n2c(C)nnc2SCC(=O)N2CCN(S(=O)(=O)c3ccccc3F)CC2)cc1. The van der Waals surface area contributed by atoms with Gasteiger partial charge < -0.3 is 4.90 Å². The molecule has 1 amide bonds. The first-order chi connectivity index (χ1) is 15.8. The van der Waals surface area contributed by atoms with Gasteiger partial charge in [0.25, 0.3) is 0 Å². The van der Waals surface area contributed by atoms with E-state index >= 15 is 0 Å². The van der Waals surface area contributed by atoms with Gasteiger partial charge in [0.1, 0.15) is 16.5 Å². The summed E-state index contributed by atoms with van der Waals surface area (Å²) in [4.78, 5) is 14.1. The van der Waals surface area contributed by atoms with Crippen molar-refractivity contribution in [2.45, 2.75) is 23.9 Å². The highest BCUT2D eigenvalue weighted by Gasteiger charge is 2.31. The number of amides is 1. The fourth-order valence-electron chi connectivity index (χ4n) is 3.62. The molecule has 0 unspecified atom stereocenters. The van der Waals surface area contributed by atoms with Crippen LogP contribution in [0.2, 0.25) is 0 Å². The summed E-state index contributed by atoms with van der Waals surface area (Å²) in [5.41, 5.74) is 2.06. The van der Waals surface area contributed by atoms with Crippen LogP contribution in [-0.2, 0) is 14.8 Å². The molecule has 0 N–H and O–H groups in total. The van der Waals surface area contributed by atoms with Crippen molar-refractivity contribution in [1.82, 2.24) is 24.0 Å². The number of aryl methyl sites for hydroxylation is 2. The monoisotopic (exact) mass is 489 g/mol. The lowest BCUT2D eigenvalue weighted by Gasteiger charge is -2.34. The summed E-state index contributed by atoms with van der Waals surface area (Å²) in [6, 6.07) is 13.3. The van der Waals surface area contributed by atoms with Gasteiger partial charge in [0.2, 0.25) is 15.9 Å². The molecule has 0 atom stereocenters. The molecule has 0 saturated carbocycles. The third kappa shape index (κ3) is 4.94. The van der Waals surface area contributed by atoms with Gasteiger partial charge in [0.15, 0.2) is 5.16 Å². The quantitative estimate of drug-likeness (QED) is 0.495. The molecule has 11 heteroatoms. The van der Waals surface area contributed by atoms with E-state index in [-0.39, 0.29) is 42.7 Å². The highest BCUT2D eigenvalue weighted by atomic mass is 32.2. The first-order valence-electron chi connectivity index (χ1n) is 10.4. The van der Waals surface area contributed by atoms with Crippen molar-refractivity contribution >= 4 is 27.7 Å². The van der Waals surface area contributed by atoms with Crippen LogP contribution < -0.4 is 0 Å². The number of rotatable bonds is 6. The van der Waals surface area contributed by atoms with Gasteiger partial charge in [-0.2, -0.15) is 4.31 Å². The van der Waals surface area contributed by atoms with Crippen molar-refractivity contribution in [3.8, 4) is 5.69 Å². The maximum Gasteiger partial charge on any atom is 0.246 e. The van der Waals surface area contributed by atoms with Crippen molar-refractivity contribution in [2.75, 3.05) is 31.9 Å². The van der Waals surface area contributed by atoms with Gasteiger partial charge in [0.05, 0.1) is 5.75 Å². The van der Waals surface area contributed by atoms with Gasteiger partial charge in [0, 0.05) is 31.9 Å². The molecule has 2 heterocycles. The molecule has 0 bridgehead atoms. The standard InChI is InChI=1S/C22H24FN5O3S2/c1-16-7-9-18(10-8-16)28-17(2)24-25-22(28)32-15-21(29)26-11-13-27(14-12-26)33(30,31)20-6-4-3-5-19(20)23/h3-10H,11-15H2,1-2H3. The third-order valence-electron chi connectivity index (χ3n) is 5.46. The molecule has 33 heavy (non-hydrogen) atoms. The summed E-state index contributed by atoms with van der Waals surface area (Å²) >= 11 is 1.29. The Morgan fingerprint density at radius 1 is 1.00 bits per heavy atom. The number of aromatic nitrogens is 3. The Labute approximate surface area is 196 Å². The molecule has 174 valence electrons. The highest BCUT2D eigenvalue weighted by molar-refractivity contribution is 7.99. The number of hydrogen-bond acceptors (Lipinski definition) is 6. The Bertz CT molecular complexity index is 1250. The van der Waals surface area contributed by atoms with Crippen LogP contribution in [0.15, 0.2) is 58.6 Å². The second-order valence-electron chi connectivity index (χ2n) is 7.70. The summed E-state index contributed by atoms with van der Waals surface area (Å²) in [7, 11) is -3.94. The summed E-state index contributed by atoms with van der Waals surface area (Å²) in [6.07, 6.45) is 0. The number of hydrogen-bond donors (Lipinski definition) is 0. The van der Waals surface area contributed by atoms with E-state index in [1.54, 1.807) is 4.90 Å². The first-order valence-corrected chi connectivity index (χ1v) is 12.8. The summed E-state index contributed by atoms with van der Waals surface area (Å²) in [5, 5.41) is 8.96. The van der Waals surface area contributed by atoms with E-state index in [1.165, 1.54) is 34.3 Å². The number of carbonyl (C=O) groups excluding carboxylic acids is 1. The Hall–Kier alpha value is -2.76. The number of nitrogens with zero attached hydrogens (tertiary/aromatic N) is 5. The topological polar surface area (TPSA) is 88.4 Å². The molecule has 0 spiro atoms. The van der Waals surface area contributed by atoms with Crippen LogP contribution in [0.4, 0.5) is 4.39 Å². The van der Waals surface area contributed by atoms with Crippen molar-refractivity contribution in [3.63, 3.8) is 0 Å². The number of piperazine rings is 1. The predicted molar refractivity (Wildman–Crippen MR) is 123 cm³/mol. The lowest BCUT2D eigenvalue weighted by atomic mass is 10.2. The smallest absolute Gasteiger partial charge is 0.246 e. The van der Waals surface area contributed by atoms with Gasteiger partial charge in [-0.05, 0) is 38.1 Å². The van der Waals surface area contributed by atoms with Crippen molar-refractivity contribution in [1.29, 1.82) is 0 Å². The average molecular weight is 490 g/mol. The molecule has 4 rings (SSSR count). The van der Waals surface area contributed by atoms with E-state index in [4.69, 9.17) is 0 Å². The van der Waals surface area contributed by atoms with Crippen molar-refractivity contribution in [3.05, 3.63) is 65.7 Å². The summed E-state index contributed by atoms with van der Waals surface area (Å²) in [6.45, 7) is 4.59. The lowest BCUT2D eigenvalue weighted by molar-refractivity contribution is -0.129. The molecule has 1 aliphatic rings. The molecule has 8 nitrogen and oxygen atoms in total. The van der Waals surface area contributed by atoms with E-state index in [0.717, 1.165) is 23.1 Å². The third-order valence-corrected chi connectivity index (χ3v) is 8.30. The minimum absolute atomic E-state index is 0.112. The minimum Gasteiger partial charge on any atom is -0.339 e. The molecule has 1 fully saturated rings. The van der Waals surface area contributed by atoms with Gasteiger partial charge in [-0.3, -0.25) is 9.36 Å². The Morgan fingerprint density at radius 3 is 2.33 bits per heavy atom. The molecule has 1 saturated heterocycles. The maximum atomic E-state index is 14.0. The van der Waals surface area contributed by atoms with E-state index in [9.17, 15) is 17.6 Å². The number of halogens is 1. The van der Waals surface area contributed by atoms with Crippen LogP contribution in [0.25, 0.3) is 5.69 Å². The Kier molecular flexibility index (Phi) is 6.82. The molecular weight excluding hydrogens is 465 g/mol. The zero-order valence-corrected chi connectivity index (χ0v) is 19.9. The first kappa shape index (κ1) is 23.4. The Balaban J connectivity index is 1.37. The number of carbonyl (C=O) groups is 1. The second kappa shape index (κ2) is 9.62. The molecule has 2 aromatic carbocycles. The molecule has 3 aromatic rings. The van der Waals surface area contributed by atoms with Crippen molar-refractivity contribution < 1.29 is 17.6 Å². The molecule has 1 aromatic heterocycles. The maximum absolute atomic E-state index is 14.0. The van der Waals surface area contributed by atoms with Crippen LogP contribution >= 0.6 is 11.8 Å².